The van der Waals surface area contributed by atoms with Crippen LogP contribution in [-0.2, 0) is 0 Å². The second-order valence-corrected chi connectivity index (χ2v) is 3.97. The fourth-order valence-corrected chi connectivity index (χ4v) is 1.62. The Morgan fingerprint density at radius 1 is 1.53 bits per heavy atom. The van der Waals surface area contributed by atoms with Crippen LogP contribution < -0.4 is 11.1 Å². The Bertz CT molecular complexity index is 270. The molecule has 0 bridgehead atoms. The molecule has 1 aromatic rings. The van der Waals surface area contributed by atoms with E-state index in [1.807, 2.05) is 6.07 Å². The minimum absolute atomic E-state index is 0.306. The van der Waals surface area contributed by atoms with E-state index in [4.69, 9.17) is 22.4 Å². The smallest absolute Gasteiger partial charge is 0.0584 e. The number of hydrogen-bond acceptors (Lipinski definition) is 3. The van der Waals surface area contributed by atoms with Gasteiger partial charge in [0.05, 0.1) is 6.61 Å². The van der Waals surface area contributed by atoms with Gasteiger partial charge in [0, 0.05) is 16.8 Å². The van der Waals surface area contributed by atoms with Gasteiger partial charge in [-0.2, -0.15) is 0 Å². The van der Waals surface area contributed by atoms with Gasteiger partial charge < -0.3 is 16.2 Å². The van der Waals surface area contributed by atoms with Crippen LogP contribution in [0.3, 0.4) is 0 Å². The average molecular weight is 229 g/mol. The largest absolute Gasteiger partial charge is 0.399 e. The lowest BCUT2D eigenvalue weighted by molar-refractivity contribution is 0.255. The van der Waals surface area contributed by atoms with Crippen molar-refractivity contribution in [2.24, 2.45) is 0 Å². The standard InChI is InChI=1S/C6H6ClN.C5H11NO/c7-5-2-1-3-6(8)4-5;7-4-5-2-1-3-6-5/h1-4H,8H2;5-7H,1-4H2/t;5-/m.1/s1. The molecular formula is C11H17ClN2O. The highest BCUT2D eigenvalue weighted by Crippen LogP contribution is 2.10. The summed E-state index contributed by atoms with van der Waals surface area (Å²) in [5.74, 6) is 0. The van der Waals surface area contributed by atoms with Crippen molar-refractivity contribution in [3.05, 3.63) is 29.3 Å². The number of benzene rings is 1. The lowest BCUT2D eigenvalue weighted by atomic mass is 10.2. The third kappa shape index (κ3) is 5.02. The summed E-state index contributed by atoms with van der Waals surface area (Å²) in [6, 6.07) is 7.52. The third-order valence-corrected chi connectivity index (χ3v) is 2.47. The van der Waals surface area contributed by atoms with Gasteiger partial charge in [0.2, 0.25) is 0 Å². The van der Waals surface area contributed by atoms with E-state index in [2.05, 4.69) is 5.32 Å². The number of nitrogens with one attached hydrogen (secondary N) is 1. The van der Waals surface area contributed by atoms with E-state index < -0.39 is 0 Å². The molecule has 1 aliphatic heterocycles. The molecule has 1 saturated heterocycles. The van der Waals surface area contributed by atoms with Gasteiger partial charge >= 0.3 is 0 Å². The number of halogens is 1. The highest BCUT2D eigenvalue weighted by Gasteiger charge is 2.10. The summed E-state index contributed by atoms with van der Waals surface area (Å²) in [5, 5.41) is 12.3. The lowest BCUT2D eigenvalue weighted by Crippen LogP contribution is -2.24. The predicted molar refractivity (Wildman–Crippen MR) is 64.0 cm³/mol. The first-order valence-corrected chi connectivity index (χ1v) is 5.45. The number of anilines is 1. The molecule has 4 heteroatoms. The van der Waals surface area contributed by atoms with Gasteiger partial charge in [0.25, 0.3) is 0 Å². The highest BCUT2D eigenvalue weighted by atomic mass is 35.5. The molecule has 0 unspecified atom stereocenters. The maximum atomic E-state index is 8.50. The van der Waals surface area contributed by atoms with Crippen LogP contribution in [0.4, 0.5) is 5.69 Å². The van der Waals surface area contributed by atoms with Gasteiger partial charge in [0.1, 0.15) is 0 Å². The summed E-state index contributed by atoms with van der Waals surface area (Å²) in [7, 11) is 0. The molecule has 1 heterocycles. The predicted octanol–water partition coefficient (Wildman–Crippen LogP) is 1.65. The van der Waals surface area contributed by atoms with Gasteiger partial charge in [-0.05, 0) is 37.6 Å². The van der Waals surface area contributed by atoms with Crippen LogP contribution in [0.25, 0.3) is 0 Å². The van der Waals surface area contributed by atoms with Crippen LogP contribution in [0.15, 0.2) is 24.3 Å². The van der Waals surface area contributed by atoms with Crippen molar-refractivity contribution in [2.45, 2.75) is 18.9 Å². The van der Waals surface area contributed by atoms with Crippen LogP contribution in [0.1, 0.15) is 12.8 Å². The summed E-state index contributed by atoms with van der Waals surface area (Å²) in [5.41, 5.74) is 6.08. The van der Waals surface area contributed by atoms with Gasteiger partial charge in [-0.25, -0.2) is 0 Å². The quantitative estimate of drug-likeness (QED) is 0.641. The SMILES string of the molecule is Nc1cccc(Cl)c1.OC[C@H]1CCCN1. The number of rotatable bonds is 1. The van der Waals surface area contributed by atoms with Crippen molar-refractivity contribution in [1.82, 2.24) is 5.32 Å². The molecule has 0 spiro atoms. The van der Waals surface area contributed by atoms with Crippen molar-refractivity contribution < 1.29 is 5.11 Å². The number of nitrogen functional groups attached to an aromatic ring is 1. The van der Waals surface area contributed by atoms with E-state index in [-0.39, 0.29) is 0 Å². The second-order valence-electron chi connectivity index (χ2n) is 3.53. The molecule has 84 valence electrons. The second kappa shape index (κ2) is 6.67. The lowest BCUT2D eigenvalue weighted by Gasteiger charge is -2.01. The van der Waals surface area contributed by atoms with E-state index in [0.717, 1.165) is 13.0 Å². The van der Waals surface area contributed by atoms with Crippen LogP contribution in [0, 0.1) is 0 Å². The van der Waals surface area contributed by atoms with Crippen molar-refractivity contribution in [3.8, 4) is 0 Å². The van der Waals surface area contributed by atoms with Crippen molar-refractivity contribution in [3.63, 3.8) is 0 Å². The summed E-state index contributed by atoms with van der Waals surface area (Å²) in [6.07, 6.45) is 2.38. The number of aliphatic hydroxyl groups is 1. The normalized spacial score (nSPS) is 19.5. The first-order chi connectivity index (χ1) is 7.22. The Kier molecular flexibility index (Phi) is 5.47. The monoisotopic (exact) mass is 228 g/mol. The maximum Gasteiger partial charge on any atom is 0.0584 e. The zero-order valence-electron chi connectivity index (χ0n) is 8.62. The first-order valence-electron chi connectivity index (χ1n) is 5.07. The van der Waals surface area contributed by atoms with Crippen LogP contribution in [-0.4, -0.2) is 24.3 Å². The van der Waals surface area contributed by atoms with E-state index in [0.29, 0.717) is 23.4 Å². The summed E-state index contributed by atoms with van der Waals surface area (Å²) in [4.78, 5) is 0. The summed E-state index contributed by atoms with van der Waals surface area (Å²) >= 11 is 5.56. The van der Waals surface area contributed by atoms with E-state index in [9.17, 15) is 0 Å². The molecule has 1 aliphatic rings. The van der Waals surface area contributed by atoms with Crippen LogP contribution in [0.2, 0.25) is 5.02 Å². The van der Waals surface area contributed by atoms with E-state index >= 15 is 0 Å². The Morgan fingerprint density at radius 2 is 2.33 bits per heavy atom. The zero-order chi connectivity index (χ0) is 11.1. The summed E-state index contributed by atoms with van der Waals surface area (Å²) < 4.78 is 0. The molecule has 0 saturated carbocycles. The highest BCUT2D eigenvalue weighted by molar-refractivity contribution is 6.30. The van der Waals surface area contributed by atoms with E-state index in [1.165, 1.54) is 6.42 Å². The molecule has 0 amide bonds. The average Bonchev–Trinajstić information content (AvgIpc) is 2.70. The molecule has 0 radical (unpaired) electrons. The Morgan fingerprint density at radius 3 is 2.67 bits per heavy atom. The molecule has 15 heavy (non-hydrogen) atoms. The van der Waals surface area contributed by atoms with Gasteiger partial charge in [-0.1, -0.05) is 17.7 Å². The van der Waals surface area contributed by atoms with Crippen molar-refractivity contribution in [2.75, 3.05) is 18.9 Å². The maximum absolute atomic E-state index is 8.50. The number of nitrogens with two attached hydrogens (primary N) is 1. The van der Waals surface area contributed by atoms with Gasteiger partial charge in [-0.3, -0.25) is 0 Å². The minimum Gasteiger partial charge on any atom is -0.399 e. The number of aliphatic hydroxyl groups excluding tert-OH is 1. The molecule has 1 aromatic carbocycles. The molecular weight excluding hydrogens is 212 g/mol. The zero-order valence-corrected chi connectivity index (χ0v) is 9.37. The fraction of sp³-hybridized carbons (Fsp3) is 0.455. The molecule has 2 rings (SSSR count). The Hall–Kier alpha value is -0.770. The Labute approximate surface area is 95.2 Å². The minimum atomic E-state index is 0.306. The molecule has 3 nitrogen and oxygen atoms in total. The molecule has 1 atom stereocenters. The van der Waals surface area contributed by atoms with Gasteiger partial charge in [0.15, 0.2) is 0 Å². The first kappa shape index (κ1) is 12.3. The fourth-order valence-electron chi connectivity index (χ4n) is 1.42. The summed E-state index contributed by atoms with van der Waals surface area (Å²) in [6.45, 7) is 1.39. The number of hydrogen-bond donors (Lipinski definition) is 3. The van der Waals surface area contributed by atoms with Crippen molar-refractivity contribution >= 4 is 17.3 Å². The molecule has 4 N–H and O–H groups in total. The third-order valence-electron chi connectivity index (χ3n) is 2.23. The van der Waals surface area contributed by atoms with Crippen molar-refractivity contribution in [1.29, 1.82) is 0 Å². The van der Waals surface area contributed by atoms with Crippen LogP contribution in [0.5, 0.6) is 0 Å². The van der Waals surface area contributed by atoms with Crippen LogP contribution >= 0.6 is 11.6 Å². The molecule has 0 aliphatic carbocycles. The Balaban J connectivity index is 0.000000151. The topological polar surface area (TPSA) is 58.3 Å². The molecule has 1 fully saturated rings. The van der Waals surface area contributed by atoms with E-state index in [1.54, 1.807) is 18.2 Å². The van der Waals surface area contributed by atoms with Gasteiger partial charge in [-0.15, -0.1) is 0 Å². The molecule has 0 aromatic heterocycles.